The van der Waals surface area contributed by atoms with E-state index in [2.05, 4.69) is 4.74 Å². The van der Waals surface area contributed by atoms with Crippen molar-refractivity contribution in [1.29, 1.82) is 5.26 Å². The summed E-state index contributed by atoms with van der Waals surface area (Å²) in [6, 6.07) is 5.35. The lowest BCUT2D eigenvalue weighted by atomic mass is 10.2. The lowest BCUT2D eigenvalue weighted by Gasteiger charge is -2.10. The Morgan fingerprint density at radius 2 is 2.19 bits per heavy atom. The fourth-order valence-corrected chi connectivity index (χ4v) is 1.21. The van der Waals surface area contributed by atoms with Crippen molar-refractivity contribution in [3.63, 3.8) is 0 Å². The molecule has 1 rings (SSSR count). The molecule has 0 amide bonds. The predicted molar refractivity (Wildman–Crippen MR) is 57.9 cm³/mol. The summed E-state index contributed by atoms with van der Waals surface area (Å²) in [6.07, 6.45) is 1.61. The first kappa shape index (κ1) is 12.1. The van der Waals surface area contributed by atoms with Crippen molar-refractivity contribution in [2.24, 2.45) is 5.73 Å². The predicted octanol–water partition coefficient (Wildman–Crippen LogP) is 1.03. The standard InChI is InChI=1S/C11H14N2O3/c1-14-11-6-9(7-15-8-13)2-3-10(11)16-5-4-12/h2-3,6H,4-5,7,12H2,1H3. The molecule has 1 aromatic rings. The van der Waals surface area contributed by atoms with Crippen LogP contribution in [0.25, 0.3) is 0 Å². The van der Waals surface area contributed by atoms with Crippen LogP contribution in [-0.2, 0) is 11.3 Å². The minimum absolute atomic E-state index is 0.226. The molecule has 0 unspecified atom stereocenters. The average Bonchev–Trinajstić information content (AvgIpc) is 2.34. The third-order valence-corrected chi connectivity index (χ3v) is 1.91. The number of ether oxygens (including phenoxy) is 3. The van der Waals surface area contributed by atoms with Gasteiger partial charge >= 0.3 is 0 Å². The molecule has 0 aliphatic carbocycles. The van der Waals surface area contributed by atoms with E-state index in [1.807, 2.05) is 6.07 Å². The van der Waals surface area contributed by atoms with Gasteiger partial charge < -0.3 is 19.9 Å². The molecule has 0 aromatic heterocycles. The maximum Gasteiger partial charge on any atom is 0.286 e. The van der Waals surface area contributed by atoms with Crippen LogP contribution in [0.1, 0.15) is 5.56 Å². The Kier molecular flexibility index (Phi) is 4.96. The summed E-state index contributed by atoms with van der Waals surface area (Å²) in [4.78, 5) is 0. The van der Waals surface area contributed by atoms with Gasteiger partial charge in [-0.1, -0.05) is 6.07 Å². The molecule has 0 saturated heterocycles. The highest BCUT2D eigenvalue weighted by Gasteiger charge is 2.05. The summed E-state index contributed by atoms with van der Waals surface area (Å²) in [7, 11) is 1.56. The van der Waals surface area contributed by atoms with Gasteiger partial charge in [0.15, 0.2) is 11.5 Å². The van der Waals surface area contributed by atoms with Crippen molar-refractivity contribution in [3.8, 4) is 17.8 Å². The maximum absolute atomic E-state index is 8.28. The van der Waals surface area contributed by atoms with Gasteiger partial charge in [0.05, 0.1) is 7.11 Å². The van der Waals surface area contributed by atoms with E-state index >= 15 is 0 Å². The van der Waals surface area contributed by atoms with E-state index in [9.17, 15) is 0 Å². The van der Waals surface area contributed by atoms with E-state index in [-0.39, 0.29) is 6.61 Å². The zero-order valence-electron chi connectivity index (χ0n) is 9.10. The SMILES string of the molecule is COc1cc(COC#N)ccc1OCCN. The van der Waals surface area contributed by atoms with Crippen LogP contribution < -0.4 is 15.2 Å². The van der Waals surface area contributed by atoms with Crippen LogP contribution in [0.15, 0.2) is 18.2 Å². The number of hydrogen-bond donors (Lipinski definition) is 1. The number of methoxy groups -OCH3 is 1. The van der Waals surface area contributed by atoms with Gasteiger partial charge in [-0.3, -0.25) is 0 Å². The molecule has 0 heterocycles. The summed E-state index contributed by atoms with van der Waals surface area (Å²) in [6.45, 7) is 1.11. The molecular formula is C11H14N2O3. The fraction of sp³-hybridized carbons (Fsp3) is 0.364. The quantitative estimate of drug-likeness (QED) is 0.727. The molecule has 0 spiro atoms. The molecule has 0 bridgehead atoms. The molecule has 2 N–H and O–H groups in total. The van der Waals surface area contributed by atoms with Crippen molar-refractivity contribution in [2.75, 3.05) is 20.3 Å². The monoisotopic (exact) mass is 222 g/mol. The van der Waals surface area contributed by atoms with E-state index in [4.69, 9.17) is 20.5 Å². The summed E-state index contributed by atoms with van der Waals surface area (Å²) in [5.74, 6) is 1.24. The van der Waals surface area contributed by atoms with Gasteiger partial charge in [0.1, 0.15) is 13.2 Å². The second-order valence-electron chi connectivity index (χ2n) is 3.00. The van der Waals surface area contributed by atoms with E-state index in [1.165, 1.54) is 0 Å². The Hall–Kier alpha value is -1.93. The smallest absolute Gasteiger partial charge is 0.286 e. The normalized spacial score (nSPS) is 9.31. The zero-order chi connectivity index (χ0) is 11.8. The maximum atomic E-state index is 8.28. The Labute approximate surface area is 94.3 Å². The van der Waals surface area contributed by atoms with E-state index < -0.39 is 0 Å². The van der Waals surface area contributed by atoms with E-state index in [0.29, 0.717) is 24.7 Å². The molecule has 0 atom stereocenters. The summed E-state index contributed by atoms with van der Waals surface area (Å²) in [5, 5.41) is 8.28. The minimum atomic E-state index is 0.226. The van der Waals surface area contributed by atoms with Crippen molar-refractivity contribution >= 4 is 0 Å². The Morgan fingerprint density at radius 1 is 1.38 bits per heavy atom. The molecule has 5 nitrogen and oxygen atoms in total. The number of nitrogens with two attached hydrogens (primary N) is 1. The molecule has 86 valence electrons. The molecule has 0 radical (unpaired) electrons. The van der Waals surface area contributed by atoms with Crippen LogP contribution in [0.2, 0.25) is 0 Å². The Bertz CT molecular complexity index is 374. The van der Waals surface area contributed by atoms with Crippen LogP contribution in [0.5, 0.6) is 11.5 Å². The van der Waals surface area contributed by atoms with Crippen molar-refractivity contribution < 1.29 is 14.2 Å². The Balaban J connectivity index is 2.76. The topological polar surface area (TPSA) is 77.5 Å². The van der Waals surface area contributed by atoms with Crippen LogP contribution in [-0.4, -0.2) is 20.3 Å². The molecule has 5 heteroatoms. The number of hydrogen-bond acceptors (Lipinski definition) is 5. The highest BCUT2D eigenvalue weighted by Crippen LogP contribution is 2.28. The first-order valence-corrected chi connectivity index (χ1v) is 4.82. The molecule has 16 heavy (non-hydrogen) atoms. The van der Waals surface area contributed by atoms with Gasteiger partial charge in [0, 0.05) is 6.54 Å². The number of benzene rings is 1. The minimum Gasteiger partial charge on any atom is -0.493 e. The molecule has 0 aliphatic rings. The van der Waals surface area contributed by atoms with Crippen molar-refractivity contribution in [2.45, 2.75) is 6.61 Å². The van der Waals surface area contributed by atoms with Crippen molar-refractivity contribution in [3.05, 3.63) is 23.8 Å². The van der Waals surface area contributed by atoms with Gasteiger partial charge in [-0.2, -0.15) is 5.26 Å². The lowest BCUT2D eigenvalue weighted by molar-refractivity contribution is 0.256. The first-order chi connectivity index (χ1) is 7.81. The van der Waals surface area contributed by atoms with Gasteiger partial charge in [-0.15, -0.1) is 0 Å². The van der Waals surface area contributed by atoms with Crippen molar-refractivity contribution in [1.82, 2.24) is 0 Å². The first-order valence-electron chi connectivity index (χ1n) is 4.82. The average molecular weight is 222 g/mol. The van der Waals surface area contributed by atoms with Crippen LogP contribution in [0.4, 0.5) is 0 Å². The number of nitriles is 1. The third-order valence-electron chi connectivity index (χ3n) is 1.91. The van der Waals surface area contributed by atoms with Gasteiger partial charge in [0.2, 0.25) is 0 Å². The van der Waals surface area contributed by atoms with Gasteiger partial charge in [-0.25, -0.2) is 0 Å². The van der Waals surface area contributed by atoms with Crippen LogP contribution in [0.3, 0.4) is 0 Å². The highest BCUT2D eigenvalue weighted by atomic mass is 16.5. The Morgan fingerprint density at radius 3 is 2.81 bits per heavy atom. The molecule has 0 saturated carbocycles. The number of rotatable bonds is 6. The highest BCUT2D eigenvalue weighted by molar-refractivity contribution is 5.42. The molecule has 1 aromatic carbocycles. The summed E-state index contributed by atoms with van der Waals surface area (Å²) < 4.78 is 15.2. The molecular weight excluding hydrogens is 208 g/mol. The second-order valence-corrected chi connectivity index (χ2v) is 3.00. The zero-order valence-corrected chi connectivity index (χ0v) is 9.10. The lowest BCUT2D eigenvalue weighted by Crippen LogP contribution is -2.11. The second kappa shape index (κ2) is 6.53. The van der Waals surface area contributed by atoms with E-state index in [0.717, 1.165) is 5.56 Å². The molecule has 0 aliphatic heterocycles. The largest absolute Gasteiger partial charge is 0.493 e. The van der Waals surface area contributed by atoms with E-state index in [1.54, 1.807) is 25.5 Å². The van der Waals surface area contributed by atoms with Crippen LogP contribution in [0, 0.1) is 11.5 Å². The van der Waals surface area contributed by atoms with Crippen LogP contribution >= 0.6 is 0 Å². The third kappa shape index (κ3) is 3.33. The fourth-order valence-electron chi connectivity index (χ4n) is 1.21. The summed E-state index contributed by atoms with van der Waals surface area (Å²) >= 11 is 0. The van der Waals surface area contributed by atoms with Gasteiger partial charge in [0.25, 0.3) is 6.26 Å². The number of nitrogens with zero attached hydrogens (tertiary/aromatic N) is 1. The summed E-state index contributed by atoms with van der Waals surface area (Å²) in [5.41, 5.74) is 6.19. The molecule has 0 fully saturated rings. The van der Waals surface area contributed by atoms with Gasteiger partial charge in [-0.05, 0) is 17.7 Å².